The molecule has 0 amide bonds. The van der Waals surface area contributed by atoms with E-state index in [4.69, 9.17) is 21.1 Å². The van der Waals surface area contributed by atoms with Gasteiger partial charge in [-0.1, -0.05) is 24.6 Å². The molecule has 0 saturated carbocycles. The highest BCUT2D eigenvalue weighted by molar-refractivity contribution is 6.32. The fourth-order valence-corrected chi connectivity index (χ4v) is 2.25. The van der Waals surface area contributed by atoms with E-state index in [1.54, 1.807) is 0 Å². The van der Waals surface area contributed by atoms with Gasteiger partial charge in [0.15, 0.2) is 0 Å². The Labute approximate surface area is 126 Å². The van der Waals surface area contributed by atoms with E-state index in [1.807, 2.05) is 12.1 Å². The number of benzene rings is 1. The molecule has 5 heteroatoms. The van der Waals surface area contributed by atoms with Gasteiger partial charge in [-0.25, -0.2) is 0 Å². The number of nitrogens with zero attached hydrogens (tertiary/aromatic N) is 1. The fourth-order valence-electron chi connectivity index (χ4n) is 1.99. The maximum absolute atomic E-state index is 6.21. The van der Waals surface area contributed by atoms with E-state index in [9.17, 15) is 0 Å². The Kier molecular flexibility index (Phi) is 7.54. The number of halogens is 2. The van der Waals surface area contributed by atoms with Crippen molar-refractivity contribution >= 4 is 24.0 Å². The third kappa shape index (κ3) is 5.19. The van der Waals surface area contributed by atoms with E-state index in [2.05, 4.69) is 17.9 Å². The van der Waals surface area contributed by atoms with Crippen molar-refractivity contribution in [1.29, 1.82) is 0 Å². The Bertz CT molecular complexity index is 382. The van der Waals surface area contributed by atoms with Gasteiger partial charge in [-0.3, -0.25) is 4.90 Å². The molecular formula is C14H21Cl2NO2. The zero-order valence-electron chi connectivity index (χ0n) is 11.2. The van der Waals surface area contributed by atoms with E-state index < -0.39 is 0 Å². The molecule has 19 heavy (non-hydrogen) atoms. The van der Waals surface area contributed by atoms with Crippen LogP contribution in [0.3, 0.4) is 0 Å². The van der Waals surface area contributed by atoms with Crippen molar-refractivity contribution in [3.8, 4) is 5.75 Å². The number of rotatable bonds is 5. The minimum Gasteiger partial charge on any atom is -0.492 e. The predicted molar refractivity (Wildman–Crippen MR) is 80.6 cm³/mol. The summed E-state index contributed by atoms with van der Waals surface area (Å²) in [6.45, 7) is 7.36. The summed E-state index contributed by atoms with van der Waals surface area (Å²) < 4.78 is 10.9. The number of hydrogen-bond acceptors (Lipinski definition) is 3. The van der Waals surface area contributed by atoms with Gasteiger partial charge < -0.3 is 9.47 Å². The van der Waals surface area contributed by atoms with Crippen LogP contribution in [0.5, 0.6) is 5.75 Å². The van der Waals surface area contributed by atoms with Gasteiger partial charge in [0.25, 0.3) is 0 Å². The van der Waals surface area contributed by atoms with Crippen molar-refractivity contribution in [2.24, 2.45) is 0 Å². The molecule has 0 unspecified atom stereocenters. The molecule has 108 valence electrons. The molecule has 1 heterocycles. The van der Waals surface area contributed by atoms with Crippen LogP contribution in [0.15, 0.2) is 18.2 Å². The second-order valence-corrected chi connectivity index (χ2v) is 4.91. The van der Waals surface area contributed by atoms with E-state index in [0.29, 0.717) is 11.6 Å². The lowest BCUT2D eigenvalue weighted by Crippen LogP contribution is -2.35. The minimum atomic E-state index is 0. The smallest absolute Gasteiger partial charge is 0.137 e. The fraction of sp³-hybridized carbons (Fsp3) is 0.571. The average Bonchev–Trinajstić information content (AvgIpc) is 2.39. The first-order chi connectivity index (χ1) is 8.79. The Morgan fingerprint density at radius 3 is 2.68 bits per heavy atom. The third-order valence-corrected chi connectivity index (χ3v) is 3.26. The first-order valence-electron chi connectivity index (χ1n) is 6.51. The second kappa shape index (κ2) is 8.64. The van der Waals surface area contributed by atoms with Crippen LogP contribution in [0.1, 0.15) is 18.9 Å². The lowest BCUT2D eigenvalue weighted by molar-refractivity contribution is 0.0342. The summed E-state index contributed by atoms with van der Waals surface area (Å²) in [5.74, 6) is 0.782. The molecule has 0 spiro atoms. The molecular weight excluding hydrogens is 285 g/mol. The Balaban J connectivity index is 0.00000180. The molecule has 0 bridgehead atoms. The van der Waals surface area contributed by atoms with Crippen molar-refractivity contribution < 1.29 is 9.47 Å². The summed E-state index contributed by atoms with van der Waals surface area (Å²) in [6.07, 6.45) is 0.992. The van der Waals surface area contributed by atoms with Crippen molar-refractivity contribution in [2.45, 2.75) is 19.9 Å². The summed E-state index contributed by atoms with van der Waals surface area (Å²) >= 11 is 6.21. The lowest BCUT2D eigenvalue weighted by atomic mass is 10.2. The summed E-state index contributed by atoms with van der Waals surface area (Å²) in [5.41, 5.74) is 1.23. The van der Waals surface area contributed by atoms with Gasteiger partial charge in [0.05, 0.1) is 24.8 Å². The van der Waals surface area contributed by atoms with E-state index in [0.717, 1.165) is 45.0 Å². The molecule has 1 aromatic carbocycles. The summed E-state index contributed by atoms with van der Waals surface area (Å²) in [7, 11) is 0. The molecule has 0 N–H and O–H groups in total. The third-order valence-electron chi connectivity index (χ3n) is 2.97. The Morgan fingerprint density at radius 2 is 2.05 bits per heavy atom. The predicted octanol–water partition coefficient (Wildman–Crippen LogP) is 3.38. The van der Waals surface area contributed by atoms with Gasteiger partial charge in [0, 0.05) is 19.6 Å². The number of hydrogen-bond donors (Lipinski definition) is 0. The van der Waals surface area contributed by atoms with Gasteiger partial charge in [-0.15, -0.1) is 12.4 Å². The Morgan fingerprint density at radius 1 is 1.32 bits per heavy atom. The molecule has 1 aliphatic rings. The van der Waals surface area contributed by atoms with Crippen LogP contribution >= 0.6 is 24.0 Å². The molecule has 1 saturated heterocycles. The van der Waals surface area contributed by atoms with Gasteiger partial charge in [-0.2, -0.15) is 0 Å². The van der Waals surface area contributed by atoms with Gasteiger partial charge in [0.2, 0.25) is 0 Å². The highest BCUT2D eigenvalue weighted by Gasteiger charge is 2.11. The zero-order valence-corrected chi connectivity index (χ0v) is 12.8. The van der Waals surface area contributed by atoms with Crippen LogP contribution in [0.25, 0.3) is 0 Å². The maximum Gasteiger partial charge on any atom is 0.137 e. The largest absolute Gasteiger partial charge is 0.492 e. The standard InChI is InChI=1S/C14H20ClNO2.ClH/c1-2-7-18-14-4-3-12(10-13(14)15)11-16-5-8-17-9-6-16;/h3-4,10H,2,5-9,11H2,1H3;1H. The van der Waals surface area contributed by atoms with Gasteiger partial charge in [0.1, 0.15) is 5.75 Å². The summed E-state index contributed by atoms with van der Waals surface area (Å²) in [4.78, 5) is 2.38. The van der Waals surface area contributed by atoms with Crippen LogP contribution in [-0.2, 0) is 11.3 Å². The quantitative estimate of drug-likeness (QED) is 0.832. The van der Waals surface area contributed by atoms with Crippen LogP contribution in [-0.4, -0.2) is 37.8 Å². The van der Waals surface area contributed by atoms with Crippen LogP contribution in [0.4, 0.5) is 0 Å². The topological polar surface area (TPSA) is 21.7 Å². The van der Waals surface area contributed by atoms with Gasteiger partial charge in [-0.05, 0) is 24.1 Å². The van der Waals surface area contributed by atoms with Gasteiger partial charge >= 0.3 is 0 Å². The van der Waals surface area contributed by atoms with Crippen LogP contribution in [0, 0.1) is 0 Å². The summed E-state index contributed by atoms with van der Waals surface area (Å²) in [6, 6.07) is 6.06. The molecule has 1 aliphatic heterocycles. The molecule has 2 rings (SSSR count). The molecule has 0 aromatic heterocycles. The van der Waals surface area contributed by atoms with Crippen LogP contribution in [0.2, 0.25) is 5.02 Å². The molecule has 3 nitrogen and oxygen atoms in total. The Hall–Kier alpha value is -0.480. The normalized spacial score (nSPS) is 15.9. The molecule has 1 fully saturated rings. The zero-order chi connectivity index (χ0) is 12.8. The van der Waals surface area contributed by atoms with Crippen molar-refractivity contribution in [1.82, 2.24) is 4.90 Å². The lowest BCUT2D eigenvalue weighted by Gasteiger charge is -2.26. The first-order valence-corrected chi connectivity index (χ1v) is 6.88. The van der Waals surface area contributed by atoms with Crippen molar-refractivity contribution in [2.75, 3.05) is 32.9 Å². The first kappa shape index (κ1) is 16.6. The highest BCUT2D eigenvalue weighted by Crippen LogP contribution is 2.26. The van der Waals surface area contributed by atoms with Crippen molar-refractivity contribution in [3.63, 3.8) is 0 Å². The molecule has 0 radical (unpaired) electrons. The highest BCUT2D eigenvalue weighted by atomic mass is 35.5. The summed E-state index contributed by atoms with van der Waals surface area (Å²) in [5, 5.41) is 0.703. The van der Waals surface area contributed by atoms with Crippen molar-refractivity contribution in [3.05, 3.63) is 28.8 Å². The molecule has 0 atom stereocenters. The number of morpholine rings is 1. The molecule has 0 aliphatic carbocycles. The SMILES string of the molecule is CCCOc1ccc(CN2CCOCC2)cc1Cl.Cl. The molecule has 1 aromatic rings. The van der Waals surface area contributed by atoms with E-state index in [1.165, 1.54) is 5.56 Å². The second-order valence-electron chi connectivity index (χ2n) is 4.50. The number of ether oxygens (including phenoxy) is 2. The maximum atomic E-state index is 6.21. The van der Waals surface area contributed by atoms with E-state index >= 15 is 0 Å². The van der Waals surface area contributed by atoms with Crippen LogP contribution < -0.4 is 4.74 Å². The monoisotopic (exact) mass is 305 g/mol. The average molecular weight is 306 g/mol. The van der Waals surface area contributed by atoms with E-state index in [-0.39, 0.29) is 12.4 Å². The minimum absolute atomic E-state index is 0.